The molecule has 2 amide bonds. The quantitative estimate of drug-likeness (QED) is 0.457. The van der Waals surface area contributed by atoms with Crippen LogP contribution in [-0.2, 0) is 19.1 Å². The highest BCUT2D eigenvalue weighted by Gasteiger charge is 2.67. The van der Waals surface area contributed by atoms with Crippen molar-refractivity contribution in [1.29, 1.82) is 0 Å². The Morgan fingerprint density at radius 1 is 1.15 bits per heavy atom. The van der Waals surface area contributed by atoms with E-state index in [2.05, 4.69) is 24.5 Å². The molecule has 216 valence electrons. The summed E-state index contributed by atoms with van der Waals surface area (Å²) in [6.45, 7) is 8.02. The number of nitrogens with one attached hydrogen (secondary N) is 2. The first-order valence-corrected chi connectivity index (χ1v) is 15.2. The molecule has 0 aromatic heterocycles. The summed E-state index contributed by atoms with van der Waals surface area (Å²) in [6, 6.07) is 0. The Hall–Kier alpha value is -2.13. The zero-order chi connectivity index (χ0) is 27.4. The van der Waals surface area contributed by atoms with Crippen molar-refractivity contribution in [1.82, 2.24) is 15.5 Å². The molecule has 1 saturated heterocycles. The van der Waals surface area contributed by atoms with E-state index in [1.165, 1.54) is 0 Å². The number of amides is 2. The van der Waals surface area contributed by atoms with Crippen molar-refractivity contribution in [3.05, 3.63) is 11.6 Å². The first kappa shape index (κ1) is 27.1. The van der Waals surface area contributed by atoms with Gasteiger partial charge in [0.1, 0.15) is 12.7 Å². The van der Waals surface area contributed by atoms with Gasteiger partial charge in [-0.25, -0.2) is 9.59 Å². The first-order valence-electron chi connectivity index (χ1n) is 15.2. The second kappa shape index (κ2) is 10.1. The fraction of sp³-hybridized carbons (Fsp3) is 0.833. The van der Waals surface area contributed by atoms with Crippen LogP contribution in [-0.4, -0.2) is 79.0 Å². The molecule has 0 aromatic carbocycles. The summed E-state index contributed by atoms with van der Waals surface area (Å²) in [5, 5.41) is 18.1. The molecular weight excluding hydrogens is 498 g/mol. The fourth-order valence-corrected chi connectivity index (χ4v) is 9.87. The zero-order valence-electron chi connectivity index (χ0n) is 23.5. The Morgan fingerprint density at radius 2 is 2.00 bits per heavy atom. The number of rotatable bonds is 5. The van der Waals surface area contributed by atoms with Crippen LogP contribution in [0.1, 0.15) is 71.6 Å². The van der Waals surface area contributed by atoms with E-state index in [0.29, 0.717) is 44.6 Å². The van der Waals surface area contributed by atoms with E-state index < -0.39 is 5.60 Å². The lowest BCUT2D eigenvalue weighted by atomic mass is 9.43. The van der Waals surface area contributed by atoms with Crippen molar-refractivity contribution < 1.29 is 29.0 Å². The molecule has 8 atom stereocenters. The second-order valence-electron chi connectivity index (χ2n) is 13.6. The SMILES string of the molecule is C[C@]12CC[C@H](OC(=O)NCCN3CCNC(=O)C3)C[C@H]1CC[C@@H]1[C@@H]2CC[C@]2(C)[C@@H](C3=CC(=O)OC3)CC[C@]12O. The van der Waals surface area contributed by atoms with E-state index in [0.717, 1.165) is 69.9 Å². The van der Waals surface area contributed by atoms with Gasteiger partial charge in [-0.05, 0) is 92.4 Å². The maximum Gasteiger partial charge on any atom is 0.407 e. The van der Waals surface area contributed by atoms with Gasteiger partial charge in [0.05, 0.1) is 12.1 Å². The Bertz CT molecular complexity index is 1050. The Balaban J connectivity index is 1.05. The number of hydrogen-bond acceptors (Lipinski definition) is 7. The zero-order valence-corrected chi connectivity index (χ0v) is 23.5. The van der Waals surface area contributed by atoms with Crippen molar-refractivity contribution >= 4 is 18.0 Å². The van der Waals surface area contributed by atoms with E-state index in [-0.39, 0.29) is 46.7 Å². The van der Waals surface area contributed by atoms with Crippen LogP contribution in [0.5, 0.6) is 0 Å². The number of cyclic esters (lactones) is 1. The molecule has 0 spiro atoms. The third kappa shape index (κ3) is 4.57. The number of aliphatic hydroxyl groups is 1. The number of carbonyl (C=O) groups is 3. The van der Waals surface area contributed by atoms with Crippen LogP contribution in [0.15, 0.2) is 11.6 Å². The highest BCUT2D eigenvalue weighted by atomic mass is 16.6. The lowest BCUT2D eigenvalue weighted by molar-refractivity contribution is -0.208. The van der Waals surface area contributed by atoms with Crippen molar-refractivity contribution in [3.8, 4) is 0 Å². The summed E-state index contributed by atoms with van der Waals surface area (Å²) in [7, 11) is 0. The molecule has 39 heavy (non-hydrogen) atoms. The van der Waals surface area contributed by atoms with Crippen LogP contribution in [0.25, 0.3) is 0 Å². The number of hydrogen-bond donors (Lipinski definition) is 3. The molecule has 0 aromatic rings. The standard InChI is InChI=1S/C30H45N3O6/c1-28-8-5-21(39-27(36)32-12-14-33-13-11-31-25(34)17-33)16-20(28)3-4-24-23(28)6-9-29(2)22(7-10-30(24,29)37)19-15-26(35)38-18-19/h15,20-24,37H,3-14,16-18H2,1-2H3,(H,31,34)(H,32,36)/t20-,21+,22-,23+,24-,28+,29-,30+/m1/s1. The van der Waals surface area contributed by atoms with Gasteiger partial charge in [-0.2, -0.15) is 0 Å². The van der Waals surface area contributed by atoms with E-state index >= 15 is 0 Å². The van der Waals surface area contributed by atoms with Crippen molar-refractivity contribution in [2.24, 2.45) is 34.5 Å². The van der Waals surface area contributed by atoms with E-state index in [4.69, 9.17) is 9.47 Å². The van der Waals surface area contributed by atoms with Gasteiger partial charge in [0.2, 0.25) is 5.91 Å². The summed E-state index contributed by atoms with van der Waals surface area (Å²) in [5.74, 6) is 1.25. The third-order valence-electron chi connectivity index (χ3n) is 12.0. The number of ether oxygens (including phenoxy) is 2. The number of nitrogens with zero attached hydrogens (tertiary/aromatic N) is 1. The number of fused-ring (bicyclic) bond motifs is 5. The lowest BCUT2D eigenvalue weighted by Crippen LogP contribution is -2.62. The maximum absolute atomic E-state index is 12.5. The average Bonchev–Trinajstić information content (AvgIpc) is 3.44. The van der Waals surface area contributed by atoms with Crippen LogP contribution >= 0.6 is 0 Å². The minimum Gasteiger partial charge on any atom is -0.458 e. The molecule has 4 aliphatic carbocycles. The topological polar surface area (TPSA) is 117 Å². The Kier molecular flexibility index (Phi) is 6.97. The number of alkyl carbamates (subject to hydrolysis) is 1. The molecule has 9 heteroatoms. The molecule has 4 saturated carbocycles. The molecule has 9 nitrogen and oxygen atoms in total. The van der Waals surface area contributed by atoms with Crippen molar-refractivity contribution in [2.45, 2.75) is 83.3 Å². The molecule has 0 unspecified atom stereocenters. The van der Waals surface area contributed by atoms with Gasteiger partial charge < -0.3 is 25.2 Å². The molecule has 6 aliphatic rings. The number of carbonyl (C=O) groups excluding carboxylic acids is 3. The average molecular weight is 544 g/mol. The molecule has 5 fully saturated rings. The minimum atomic E-state index is -0.705. The summed E-state index contributed by atoms with van der Waals surface area (Å²) < 4.78 is 11.1. The molecule has 3 N–H and O–H groups in total. The summed E-state index contributed by atoms with van der Waals surface area (Å²) in [5.41, 5.74) is 0.306. The van der Waals surface area contributed by atoms with Crippen molar-refractivity contribution in [2.75, 3.05) is 39.3 Å². The second-order valence-corrected chi connectivity index (χ2v) is 13.6. The summed E-state index contributed by atoms with van der Waals surface area (Å²) in [6.07, 6.45) is 9.90. The van der Waals surface area contributed by atoms with Gasteiger partial charge in [-0.1, -0.05) is 13.8 Å². The highest BCUT2D eigenvalue weighted by Crippen LogP contribution is 2.70. The third-order valence-corrected chi connectivity index (χ3v) is 12.0. The highest BCUT2D eigenvalue weighted by molar-refractivity contribution is 5.85. The van der Waals surface area contributed by atoms with Crippen LogP contribution in [0.4, 0.5) is 4.79 Å². The van der Waals surface area contributed by atoms with Gasteiger partial charge in [-0.3, -0.25) is 9.69 Å². The molecule has 6 rings (SSSR count). The van der Waals surface area contributed by atoms with Gasteiger partial charge in [0.25, 0.3) is 0 Å². The Morgan fingerprint density at radius 3 is 2.77 bits per heavy atom. The normalized spacial score (nSPS) is 43.9. The van der Waals surface area contributed by atoms with Gasteiger partial charge in [0.15, 0.2) is 0 Å². The van der Waals surface area contributed by atoms with E-state index in [1.807, 2.05) is 4.90 Å². The predicted octanol–water partition coefficient (Wildman–Crippen LogP) is 2.77. The van der Waals surface area contributed by atoms with Gasteiger partial charge >= 0.3 is 12.1 Å². The molecule has 0 radical (unpaired) electrons. The van der Waals surface area contributed by atoms with Crippen LogP contribution in [0.3, 0.4) is 0 Å². The molecular formula is C30H45N3O6. The first-order chi connectivity index (χ1) is 18.6. The molecule has 2 aliphatic heterocycles. The van der Waals surface area contributed by atoms with Crippen molar-refractivity contribution in [3.63, 3.8) is 0 Å². The number of esters is 1. The van der Waals surface area contributed by atoms with E-state index in [9.17, 15) is 19.5 Å². The minimum absolute atomic E-state index is 0.0311. The molecule has 0 bridgehead atoms. The van der Waals surface area contributed by atoms with E-state index in [1.54, 1.807) is 6.08 Å². The van der Waals surface area contributed by atoms with Gasteiger partial charge in [-0.15, -0.1) is 0 Å². The lowest BCUT2D eigenvalue weighted by Gasteiger charge is -2.63. The van der Waals surface area contributed by atoms with Crippen LogP contribution < -0.4 is 10.6 Å². The fourth-order valence-electron chi connectivity index (χ4n) is 9.87. The number of piperazine rings is 1. The Labute approximate surface area is 231 Å². The predicted molar refractivity (Wildman–Crippen MR) is 143 cm³/mol. The maximum atomic E-state index is 12.5. The monoisotopic (exact) mass is 543 g/mol. The summed E-state index contributed by atoms with van der Waals surface area (Å²) in [4.78, 5) is 37.9. The largest absolute Gasteiger partial charge is 0.458 e. The smallest absolute Gasteiger partial charge is 0.407 e. The van der Waals surface area contributed by atoms with Gasteiger partial charge in [0, 0.05) is 37.7 Å². The van der Waals surface area contributed by atoms with Crippen LogP contribution in [0.2, 0.25) is 0 Å². The molecule has 2 heterocycles. The summed E-state index contributed by atoms with van der Waals surface area (Å²) >= 11 is 0. The van der Waals surface area contributed by atoms with Crippen LogP contribution in [0, 0.1) is 34.5 Å².